The molecule has 0 unspecified atom stereocenters. The molecule has 0 aromatic carbocycles. The topological polar surface area (TPSA) is 154 Å². The van der Waals surface area contributed by atoms with Crippen molar-refractivity contribution in [2.45, 2.75) is 143 Å². The van der Waals surface area contributed by atoms with Gasteiger partial charge in [-0.05, 0) is 71.1 Å². The van der Waals surface area contributed by atoms with E-state index in [9.17, 15) is 22.6 Å². The van der Waals surface area contributed by atoms with Crippen molar-refractivity contribution >= 4 is 22.5 Å². The van der Waals surface area contributed by atoms with Crippen LogP contribution in [-0.4, -0.2) is 95.6 Å². The number of carbonyl (C=O) groups excluding carboxylic acids is 2. The van der Waals surface area contributed by atoms with E-state index in [4.69, 9.17) is 9.26 Å². The molecule has 1 aromatic heterocycles. The van der Waals surface area contributed by atoms with Gasteiger partial charge in [-0.3, -0.25) is 0 Å². The summed E-state index contributed by atoms with van der Waals surface area (Å²) in [4.78, 5) is 25.9. The second kappa shape index (κ2) is 17.5. The highest BCUT2D eigenvalue weighted by atomic mass is 32.3. The SMILES string of the molecule is CC(C)(C)OC(=O)NCCc1cc([C@@H]2CC3(CC3)[C@@H]3CN2C(=O)N3OS(=O)(=O)[O-])no1.CCCC[N+](CCCC)(CCCC)CCCC. The molecule has 1 aromatic rings. The van der Waals surface area contributed by atoms with E-state index < -0.39 is 40.2 Å². The Kier molecular flexibility index (Phi) is 14.6. The fourth-order valence-corrected chi connectivity index (χ4v) is 7.29. The number of nitrogens with zero attached hydrogens (tertiary/aromatic N) is 4. The number of hydroxylamine groups is 2. The predicted molar refractivity (Wildman–Crippen MR) is 181 cm³/mol. The quantitative estimate of drug-likeness (QED) is 0.103. The van der Waals surface area contributed by atoms with Crippen molar-refractivity contribution < 1.29 is 40.6 Å². The van der Waals surface area contributed by atoms with Crippen LogP contribution in [0.1, 0.15) is 137 Å². The van der Waals surface area contributed by atoms with Crippen LogP contribution in [-0.2, 0) is 25.8 Å². The highest BCUT2D eigenvalue weighted by Gasteiger charge is 2.64. The third-order valence-corrected chi connectivity index (χ3v) is 10.1. The summed E-state index contributed by atoms with van der Waals surface area (Å²) in [6.07, 6.45) is 13.1. The molecule has 3 aliphatic rings. The molecule has 2 saturated heterocycles. The Labute approximate surface area is 288 Å². The molecule has 276 valence electrons. The summed E-state index contributed by atoms with van der Waals surface area (Å²) in [5.74, 6) is 0.528. The first-order chi connectivity index (χ1) is 22.6. The van der Waals surface area contributed by atoms with Crippen molar-refractivity contribution in [1.82, 2.24) is 20.4 Å². The van der Waals surface area contributed by atoms with Gasteiger partial charge in [-0.15, -0.1) is 0 Å². The van der Waals surface area contributed by atoms with E-state index in [0.29, 0.717) is 29.4 Å². The van der Waals surface area contributed by atoms with Gasteiger partial charge < -0.3 is 28.5 Å². The van der Waals surface area contributed by atoms with Crippen LogP contribution in [0.5, 0.6) is 0 Å². The van der Waals surface area contributed by atoms with Gasteiger partial charge in [0.05, 0.1) is 38.3 Å². The first-order valence-corrected chi connectivity index (χ1v) is 19.5. The first-order valence-electron chi connectivity index (χ1n) is 18.1. The van der Waals surface area contributed by atoms with Crippen LogP contribution >= 0.6 is 0 Å². The van der Waals surface area contributed by atoms with Crippen LogP contribution in [0.3, 0.4) is 0 Å². The molecule has 13 nitrogen and oxygen atoms in total. The minimum Gasteiger partial charge on any atom is -0.724 e. The number of ether oxygens (including phenoxy) is 1. The Morgan fingerprint density at radius 2 is 1.58 bits per heavy atom. The van der Waals surface area contributed by atoms with Crippen LogP contribution in [0, 0.1) is 5.41 Å². The zero-order valence-corrected chi connectivity index (χ0v) is 31.2. The molecule has 0 radical (unpaired) electrons. The fraction of sp³-hybridized carbons (Fsp3) is 0.853. The monoisotopic (exact) mass is 699 g/mol. The summed E-state index contributed by atoms with van der Waals surface area (Å²) < 4.78 is 49.7. The lowest BCUT2D eigenvalue weighted by molar-refractivity contribution is -0.929. The maximum Gasteiger partial charge on any atom is 0.407 e. The molecule has 3 heterocycles. The van der Waals surface area contributed by atoms with Gasteiger partial charge >= 0.3 is 12.1 Å². The predicted octanol–water partition coefficient (Wildman–Crippen LogP) is 6.47. The van der Waals surface area contributed by atoms with E-state index in [2.05, 4.69) is 42.5 Å². The molecule has 1 spiro atoms. The lowest BCUT2D eigenvalue weighted by Gasteiger charge is -2.39. The van der Waals surface area contributed by atoms with Crippen LogP contribution < -0.4 is 5.32 Å². The van der Waals surface area contributed by atoms with E-state index in [1.807, 2.05) is 0 Å². The normalized spacial score (nSPS) is 20.1. The number of urea groups is 1. The van der Waals surface area contributed by atoms with E-state index in [1.165, 1.54) is 86.9 Å². The zero-order valence-electron chi connectivity index (χ0n) is 30.4. The number of carbonyl (C=O) groups is 2. The Hall–Kier alpha value is -2.42. The molecule has 2 bridgehead atoms. The largest absolute Gasteiger partial charge is 0.724 e. The number of hydrogen-bond donors (Lipinski definition) is 1. The van der Waals surface area contributed by atoms with E-state index in [-0.39, 0.29) is 18.5 Å². The molecule has 48 heavy (non-hydrogen) atoms. The van der Waals surface area contributed by atoms with Crippen molar-refractivity contribution in [1.29, 1.82) is 0 Å². The molecular weight excluding hydrogens is 638 g/mol. The lowest BCUT2D eigenvalue weighted by Crippen LogP contribution is -2.50. The number of aromatic nitrogens is 1. The second-order valence-electron chi connectivity index (χ2n) is 14.9. The number of hydrogen-bond acceptors (Lipinski definition) is 9. The van der Waals surface area contributed by atoms with Crippen LogP contribution in [0.4, 0.5) is 9.59 Å². The molecule has 2 aliphatic heterocycles. The number of alkyl carbamates (subject to hydrolysis) is 1. The smallest absolute Gasteiger partial charge is 0.407 e. The minimum absolute atomic E-state index is 0.251. The standard InChI is InChI=1S/C18H26N4O8S.C16H36N/c1-17(2,3)28-15(23)19-7-4-11-8-12(20-29-11)13-9-18(5-6-18)14-10-21(13)16(24)22(14)30-31(25,26)27;1-5-9-13-17(14-10-6-2,15-11-7-3)16-12-8-4/h8,13-14H,4-7,9-10H2,1-3H3,(H,19,23)(H,25,26,27);5-16H2,1-4H3/q;+1/p-1/t13-,14-;/m0./s1. The van der Waals surface area contributed by atoms with Crippen molar-refractivity contribution in [3.8, 4) is 0 Å². The van der Waals surface area contributed by atoms with Gasteiger partial charge in [-0.25, -0.2) is 18.0 Å². The average molecular weight is 700 g/mol. The highest BCUT2D eigenvalue weighted by Crippen LogP contribution is 2.61. The summed E-state index contributed by atoms with van der Waals surface area (Å²) in [5, 5.41) is 7.44. The highest BCUT2D eigenvalue weighted by molar-refractivity contribution is 7.80. The number of amides is 3. The van der Waals surface area contributed by atoms with Gasteiger partial charge in [0.25, 0.3) is 0 Å². The molecule has 3 fully saturated rings. The Morgan fingerprint density at radius 3 is 2.04 bits per heavy atom. The number of quaternary nitrogens is 1. The van der Waals surface area contributed by atoms with Crippen molar-refractivity contribution in [3.05, 3.63) is 17.5 Å². The second-order valence-corrected chi connectivity index (χ2v) is 15.9. The molecular formula is C34H61N5O8S. The Bertz CT molecular complexity index is 1240. The number of rotatable bonds is 18. The summed E-state index contributed by atoms with van der Waals surface area (Å²) in [5.41, 5.74) is -0.348. The molecule has 3 amide bonds. The Morgan fingerprint density at radius 1 is 1.04 bits per heavy atom. The molecule has 1 aliphatic carbocycles. The van der Waals surface area contributed by atoms with E-state index in [1.54, 1.807) is 26.8 Å². The van der Waals surface area contributed by atoms with E-state index >= 15 is 0 Å². The molecule has 14 heteroatoms. The third-order valence-electron chi connectivity index (χ3n) is 9.74. The van der Waals surface area contributed by atoms with Crippen LogP contribution in [0.25, 0.3) is 0 Å². The van der Waals surface area contributed by atoms with Gasteiger partial charge in [0.15, 0.2) is 0 Å². The van der Waals surface area contributed by atoms with Crippen LogP contribution in [0.15, 0.2) is 10.6 Å². The van der Waals surface area contributed by atoms with Crippen LogP contribution in [0.2, 0.25) is 0 Å². The lowest BCUT2D eigenvalue weighted by atomic mass is 9.84. The fourth-order valence-electron chi connectivity index (χ4n) is 6.93. The maximum absolute atomic E-state index is 12.7. The summed E-state index contributed by atoms with van der Waals surface area (Å²) in [6.45, 7) is 20.9. The van der Waals surface area contributed by atoms with Crippen molar-refractivity contribution in [2.75, 3.05) is 39.3 Å². The molecule has 4 rings (SSSR count). The summed E-state index contributed by atoms with van der Waals surface area (Å²) in [6, 6.07) is 0.156. The number of nitrogens with one attached hydrogen (secondary N) is 1. The maximum atomic E-state index is 12.7. The molecule has 2 atom stereocenters. The first kappa shape index (κ1) is 40.0. The third kappa shape index (κ3) is 11.6. The number of fused-ring (bicyclic) bond motifs is 3. The van der Waals surface area contributed by atoms with Gasteiger partial charge in [0.1, 0.15) is 17.1 Å². The Balaban J connectivity index is 0.000000315. The average Bonchev–Trinajstić information content (AvgIpc) is 3.51. The molecule has 1 N–H and O–H groups in total. The van der Waals surface area contributed by atoms with Gasteiger partial charge in [0.2, 0.25) is 10.4 Å². The zero-order chi connectivity index (χ0) is 35.6. The summed E-state index contributed by atoms with van der Waals surface area (Å²) >= 11 is 0. The van der Waals surface area contributed by atoms with Gasteiger partial charge in [-0.2, -0.15) is 9.35 Å². The van der Waals surface area contributed by atoms with E-state index in [0.717, 1.165) is 12.8 Å². The van der Waals surface area contributed by atoms with Gasteiger partial charge in [0, 0.05) is 25.6 Å². The van der Waals surface area contributed by atoms with Gasteiger partial charge in [-0.1, -0.05) is 58.5 Å². The number of unbranched alkanes of at least 4 members (excludes halogenated alkanes) is 4. The van der Waals surface area contributed by atoms with Crippen molar-refractivity contribution in [2.24, 2.45) is 5.41 Å². The number of piperidine rings is 1. The summed E-state index contributed by atoms with van der Waals surface area (Å²) in [7, 11) is -5.06. The van der Waals surface area contributed by atoms with Crippen molar-refractivity contribution in [3.63, 3.8) is 0 Å². The minimum atomic E-state index is -5.06. The molecule has 1 saturated carbocycles.